The number of carbonyl (C=O) groups excluding carboxylic acids is 1. The van der Waals surface area contributed by atoms with Crippen LogP contribution in [0.5, 0.6) is 0 Å². The van der Waals surface area contributed by atoms with Crippen LogP contribution in [0.1, 0.15) is 11.1 Å². The Bertz CT molecular complexity index is 942. The first kappa shape index (κ1) is 17.1. The number of nitrogens with zero attached hydrogens (tertiary/aromatic N) is 2. The van der Waals surface area contributed by atoms with Crippen LogP contribution in [0.25, 0.3) is 6.08 Å². The number of carbonyl (C=O) groups is 1. The highest BCUT2D eigenvalue weighted by Crippen LogP contribution is 2.28. The number of anilines is 1. The number of rotatable bonds is 3. The molecule has 0 spiro atoms. The minimum absolute atomic E-state index is 0.0904. The fraction of sp³-hybridized carbons (Fsp3) is 0.0588. The maximum absolute atomic E-state index is 12.7. The molecule has 0 atom stereocenters. The van der Waals surface area contributed by atoms with Crippen LogP contribution in [0.4, 0.5) is 11.4 Å². The van der Waals surface area contributed by atoms with Gasteiger partial charge in [0, 0.05) is 11.1 Å². The highest BCUT2D eigenvalue weighted by molar-refractivity contribution is 7.80. The zero-order chi connectivity index (χ0) is 18.1. The second-order valence-electron chi connectivity index (χ2n) is 5.38. The van der Waals surface area contributed by atoms with E-state index in [-0.39, 0.29) is 16.5 Å². The largest absolute Gasteiger partial charge is 0.327 e. The molecule has 25 heavy (non-hydrogen) atoms. The monoisotopic (exact) mass is 373 g/mol. The molecule has 6 nitrogen and oxygen atoms in total. The van der Waals surface area contributed by atoms with Gasteiger partial charge in [0.15, 0.2) is 5.11 Å². The van der Waals surface area contributed by atoms with Gasteiger partial charge in [-0.15, -0.1) is 0 Å². The van der Waals surface area contributed by atoms with E-state index < -0.39 is 10.8 Å². The minimum Gasteiger partial charge on any atom is -0.327 e. The molecule has 0 aromatic heterocycles. The summed E-state index contributed by atoms with van der Waals surface area (Å²) in [5.74, 6) is -0.400. The van der Waals surface area contributed by atoms with Crippen molar-refractivity contribution in [3.05, 3.63) is 74.4 Å². The molecule has 0 bridgehead atoms. The number of para-hydroxylation sites is 1. The predicted octanol–water partition coefficient (Wildman–Crippen LogP) is 3.82. The fourth-order valence-electron chi connectivity index (χ4n) is 2.42. The van der Waals surface area contributed by atoms with E-state index in [4.69, 9.17) is 23.8 Å². The second kappa shape index (κ2) is 6.62. The molecule has 0 aliphatic carbocycles. The lowest BCUT2D eigenvalue weighted by atomic mass is 10.1. The molecule has 1 aliphatic heterocycles. The summed E-state index contributed by atoms with van der Waals surface area (Å²) in [6.07, 6.45) is 1.42. The zero-order valence-electron chi connectivity index (χ0n) is 13.0. The van der Waals surface area contributed by atoms with Crippen molar-refractivity contribution in [2.75, 3.05) is 4.90 Å². The zero-order valence-corrected chi connectivity index (χ0v) is 14.6. The van der Waals surface area contributed by atoms with Crippen LogP contribution >= 0.6 is 23.8 Å². The van der Waals surface area contributed by atoms with E-state index in [1.54, 1.807) is 36.4 Å². The number of nitrogens with one attached hydrogen (secondary N) is 1. The SMILES string of the molecule is Cc1ccc(N2C(=O)/C(=C\c3ccccc3[N+](=O)[O-])NC2=S)cc1Cl. The molecule has 0 radical (unpaired) electrons. The molecule has 8 heteroatoms. The second-order valence-corrected chi connectivity index (χ2v) is 6.17. The van der Waals surface area contributed by atoms with Crippen molar-refractivity contribution in [3.8, 4) is 0 Å². The lowest BCUT2D eigenvalue weighted by molar-refractivity contribution is -0.385. The Balaban J connectivity index is 1.99. The molecule has 1 heterocycles. The summed E-state index contributed by atoms with van der Waals surface area (Å²) < 4.78 is 0. The highest BCUT2D eigenvalue weighted by Gasteiger charge is 2.32. The van der Waals surface area contributed by atoms with Crippen molar-refractivity contribution in [3.63, 3.8) is 0 Å². The maximum atomic E-state index is 12.7. The van der Waals surface area contributed by atoms with Gasteiger partial charge in [0.1, 0.15) is 5.70 Å². The molecule has 126 valence electrons. The van der Waals surface area contributed by atoms with E-state index in [1.165, 1.54) is 17.0 Å². The van der Waals surface area contributed by atoms with Crippen LogP contribution < -0.4 is 10.2 Å². The lowest BCUT2D eigenvalue weighted by Gasteiger charge is -2.14. The highest BCUT2D eigenvalue weighted by atomic mass is 35.5. The number of hydrogen-bond donors (Lipinski definition) is 1. The average molecular weight is 374 g/mol. The molecule has 3 rings (SSSR count). The molecule has 1 saturated heterocycles. The van der Waals surface area contributed by atoms with E-state index in [9.17, 15) is 14.9 Å². The van der Waals surface area contributed by atoms with Crippen LogP contribution in [0, 0.1) is 17.0 Å². The molecule has 2 aromatic carbocycles. The predicted molar refractivity (Wildman–Crippen MR) is 100 cm³/mol. The average Bonchev–Trinajstić information content (AvgIpc) is 2.84. The van der Waals surface area contributed by atoms with E-state index in [0.29, 0.717) is 16.3 Å². The molecule has 1 amide bonds. The Morgan fingerprint density at radius 2 is 2.00 bits per heavy atom. The van der Waals surface area contributed by atoms with Gasteiger partial charge in [-0.25, -0.2) is 0 Å². The van der Waals surface area contributed by atoms with Crippen LogP contribution in [0.15, 0.2) is 48.2 Å². The van der Waals surface area contributed by atoms with Crippen LogP contribution in [0.2, 0.25) is 5.02 Å². The Hall–Kier alpha value is -2.77. The number of hydrogen-bond acceptors (Lipinski definition) is 4. The summed E-state index contributed by atoms with van der Waals surface area (Å²) >= 11 is 11.3. The number of halogens is 1. The van der Waals surface area contributed by atoms with E-state index in [2.05, 4.69) is 5.32 Å². The quantitative estimate of drug-likeness (QED) is 0.383. The van der Waals surface area contributed by atoms with E-state index >= 15 is 0 Å². The van der Waals surface area contributed by atoms with E-state index in [0.717, 1.165) is 5.56 Å². The number of aryl methyl sites for hydroxylation is 1. The van der Waals surface area contributed by atoms with Gasteiger partial charge in [0.25, 0.3) is 11.6 Å². The third kappa shape index (κ3) is 3.24. The summed E-state index contributed by atoms with van der Waals surface area (Å²) in [7, 11) is 0. The fourth-order valence-corrected chi connectivity index (χ4v) is 2.89. The standard InChI is InChI=1S/C17H12ClN3O3S/c1-10-6-7-12(9-13(10)18)20-16(22)14(19-17(20)25)8-11-4-2-3-5-15(11)21(23)24/h2-9H,1H3,(H,19,25)/b14-8+. The Morgan fingerprint density at radius 3 is 2.68 bits per heavy atom. The Labute approximate surface area is 153 Å². The number of benzene rings is 2. The van der Waals surface area contributed by atoms with Gasteiger partial charge in [-0.1, -0.05) is 29.8 Å². The molecule has 1 aliphatic rings. The first-order valence-electron chi connectivity index (χ1n) is 7.25. The van der Waals surface area contributed by atoms with Gasteiger partial charge in [0.05, 0.1) is 16.2 Å². The van der Waals surface area contributed by atoms with Crippen molar-refractivity contribution in [1.82, 2.24) is 5.32 Å². The first-order valence-corrected chi connectivity index (χ1v) is 8.04. The van der Waals surface area contributed by atoms with Gasteiger partial charge >= 0.3 is 0 Å². The minimum atomic E-state index is -0.498. The third-order valence-electron chi connectivity index (χ3n) is 3.73. The van der Waals surface area contributed by atoms with Gasteiger partial charge < -0.3 is 5.32 Å². The molecular formula is C17H12ClN3O3S. The summed E-state index contributed by atoms with van der Waals surface area (Å²) in [6.45, 7) is 1.86. The smallest absolute Gasteiger partial charge is 0.281 e. The number of nitro benzene ring substituents is 1. The van der Waals surface area contributed by atoms with Crippen molar-refractivity contribution >= 4 is 52.3 Å². The Morgan fingerprint density at radius 1 is 1.28 bits per heavy atom. The number of nitro groups is 1. The van der Waals surface area contributed by atoms with E-state index in [1.807, 2.05) is 6.92 Å². The molecular weight excluding hydrogens is 362 g/mol. The lowest BCUT2D eigenvalue weighted by Crippen LogP contribution is -2.30. The first-order chi connectivity index (χ1) is 11.9. The number of amides is 1. The van der Waals surface area contributed by atoms with Gasteiger partial charge in [0.2, 0.25) is 0 Å². The van der Waals surface area contributed by atoms with Crippen LogP contribution in [-0.4, -0.2) is 15.9 Å². The van der Waals surface area contributed by atoms with Crippen molar-refractivity contribution in [1.29, 1.82) is 0 Å². The van der Waals surface area contributed by atoms with Crippen LogP contribution in [0.3, 0.4) is 0 Å². The van der Waals surface area contributed by atoms with Crippen molar-refractivity contribution in [2.24, 2.45) is 0 Å². The third-order valence-corrected chi connectivity index (χ3v) is 4.42. The van der Waals surface area contributed by atoms with Gasteiger partial charge in [-0.3, -0.25) is 19.8 Å². The molecule has 0 saturated carbocycles. The summed E-state index contributed by atoms with van der Waals surface area (Å²) in [4.78, 5) is 24.6. The summed E-state index contributed by atoms with van der Waals surface area (Å²) in [5, 5.41) is 14.6. The number of thiocarbonyl (C=S) groups is 1. The molecule has 2 aromatic rings. The molecule has 1 fully saturated rings. The van der Waals surface area contributed by atoms with Crippen LogP contribution in [-0.2, 0) is 4.79 Å². The summed E-state index contributed by atoms with van der Waals surface area (Å²) in [6, 6.07) is 11.3. The van der Waals surface area contributed by atoms with Crippen molar-refractivity contribution in [2.45, 2.75) is 6.92 Å². The van der Waals surface area contributed by atoms with Gasteiger partial charge in [-0.05, 0) is 49.0 Å². The maximum Gasteiger partial charge on any atom is 0.281 e. The Kier molecular flexibility index (Phi) is 4.52. The molecule has 1 N–H and O–H groups in total. The van der Waals surface area contributed by atoms with Crippen molar-refractivity contribution < 1.29 is 9.72 Å². The topological polar surface area (TPSA) is 75.5 Å². The summed E-state index contributed by atoms with van der Waals surface area (Å²) in [5.41, 5.74) is 1.80. The normalized spacial score (nSPS) is 15.6. The van der Waals surface area contributed by atoms with Gasteiger partial charge in [-0.2, -0.15) is 0 Å². The molecule has 0 unspecified atom stereocenters.